The first-order valence-electron chi connectivity index (χ1n) is 5.78. The Kier molecular flexibility index (Phi) is 4.66. The molecule has 0 aliphatic rings. The van der Waals surface area contributed by atoms with Crippen LogP contribution in [0, 0.1) is 0 Å². The maximum atomic E-state index is 6.32. The minimum atomic E-state index is 0.340. The number of hydrogen-bond donors (Lipinski definition) is 0. The lowest BCUT2D eigenvalue weighted by atomic mass is 10.1. The summed E-state index contributed by atoms with van der Waals surface area (Å²) in [6.45, 7) is 0. The van der Waals surface area contributed by atoms with Gasteiger partial charge in [-0.15, -0.1) is 11.3 Å². The van der Waals surface area contributed by atoms with E-state index in [1.165, 1.54) is 11.3 Å². The second-order valence-corrected chi connectivity index (χ2v) is 7.60. The Bertz CT molecular complexity index is 797. The van der Waals surface area contributed by atoms with E-state index in [4.69, 9.17) is 23.2 Å². The Morgan fingerprint density at radius 1 is 0.952 bits per heavy atom. The second kappa shape index (κ2) is 6.34. The van der Waals surface area contributed by atoms with E-state index < -0.39 is 0 Å². The van der Waals surface area contributed by atoms with Gasteiger partial charge in [0, 0.05) is 14.3 Å². The van der Waals surface area contributed by atoms with E-state index in [-0.39, 0.29) is 0 Å². The van der Waals surface area contributed by atoms with Gasteiger partial charge in [-0.25, -0.2) is 9.97 Å². The summed E-state index contributed by atoms with van der Waals surface area (Å²) in [6, 6.07) is 9.63. The van der Waals surface area contributed by atoms with Crippen molar-refractivity contribution in [1.82, 2.24) is 9.97 Å². The topological polar surface area (TPSA) is 25.8 Å². The molecule has 0 amide bonds. The van der Waals surface area contributed by atoms with Crippen molar-refractivity contribution in [3.05, 3.63) is 55.0 Å². The molecule has 106 valence electrons. The number of halogens is 4. The van der Waals surface area contributed by atoms with Gasteiger partial charge in [0.2, 0.25) is 0 Å². The first-order chi connectivity index (χ1) is 10.0. The largest absolute Gasteiger partial charge is 0.215 e. The van der Waals surface area contributed by atoms with Crippen molar-refractivity contribution in [3.63, 3.8) is 0 Å². The van der Waals surface area contributed by atoms with Crippen LogP contribution in [-0.2, 0) is 0 Å². The van der Waals surface area contributed by atoms with Gasteiger partial charge < -0.3 is 0 Å². The third kappa shape index (κ3) is 3.32. The van der Waals surface area contributed by atoms with Gasteiger partial charge >= 0.3 is 0 Å². The molecule has 0 saturated heterocycles. The van der Waals surface area contributed by atoms with Gasteiger partial charge in [0.15, 0.2) is 5.82 Å². The van der Waals surface area contributed by atoms with Crippen molar-refractivity contribution in [3.8, 4) is 21.8 Å². The van der Waals surface area contributed by atoms with Crippen molar-refractivity contribution >= 4 is 66.4 Å². The van der Waals surface area contributed by atoms with Crippen molar-refractivity contribution in [1.29, 1.82) is 0 Å². The van der Waals surface area contributed by atoms with E-state index in [2.05, 4.69) is 41.8 Å². The van der Waals surface area contributed by atoms with Crippen LogP contribution >= 0.6 is 66.4 Å². The highest BCUT2D eigenvalue weighted by Crippen LogP contribution is 2.36. The van der Waals surface area contributed by atoms with E-state index in [9.17, 15) is 0 Å². The summed E-state index contributed by atoms with van der Waals surface area (Å²) in [5, 5.41) is 2.64. The lowest BCUT2D eigenvalue weighted by Crippen LogP contribution is -1.93. The minimum Gasteiger partial charge on any atom is -0.215 e. The zero-order chi connectivity index (χ0) is 15.0. The summed E-state index contributed by atoms with van der Waals surface area (Å²) < 4.78 is 1.92. The summed E-state index contributed by atoms with van der Waals surface area (Å²) in [5.41, 5.74) is 1.51. The van der Waals surface area contributed by atoms with Gasteiger partial charge in [0.1, 0.15) is 10.3 Å². The highest BCUT2D eigenvalue weighted by molar-refractivity contribution is 9.10. The van der Waals surface area contributed by atoms with Gasteiger partial charge in [-0.1, -0.05) is 51.3 Å². The minimum absolute atomic E-state index is 0.340. The van der Waals surface area contributed by atoms with Crippen LogP contribution in [0.15, 0.2) is 44.7 Å². The number of aromatic nitrogens is 2. The molecule has 0 N–H and O–H groups in total. The molecule has 2 nitrogen and oxygen atoms in total. The average Bonchev–Trinajstić information content (AvgIpc) is 2.85. The Balaban J connectivity index is 2.12. The quantitative estimate of drug-likeness (QED) is 0.394. The van der Waals surface area contributed by atoms with Crippen molar-refractivity contribution in [2.45, 2.75) is 0 Å². The smallest absolute Gasteiger partial charge is 0.172 e. The van der Waals surface area contributed by atoms with Gasteiger partial charge in [0.05, 0.1) is 10.4 Å². The molecule has 0 radical (unpaired) electrons. The maximum absolute atomic E-state index is 6.32. The molecule has 0 atom stereocenters. The maximum Gasteiger partial charge on any atom is 0.172 e. The predicted octanol–water partition coefficient (Wildman–Crippen LogP) is 6.70. The predicted molar refractivity (Wildman–Crippen MR) is 96.2 cm³/mol. The lowest BCUT2D eigenvalue weighted by molar-refractivity contribution is 1.19. The molecular formula is C14H6Br2Cl2N2S. The number of nitrogens with zero attached hydrogens (tertiary/aromatic N) is 2. The molecule has 0 saturated carbocycles. The first kappa shape index (κ1) is 15.4. The summed E-state index contributed by atoms with van der Waals surface area (Å²) in [6.07, 6.45) is 0. The fraction of sp³-hybridized carbons (Fsp3) is 0. The lowest BCUT2D eigenvalue weighted by Gasteiger charge is -2.08. The molecule has 3 aromatic rings. The molecule has 0 aliphatic heterocycles. The normalized spacial score (nSPS) is 10.9. The third-order valence-corrected chi connectivity index (χ3v) is 5.45. The SMILES string of the molecule is Clc1nc(-c2cc(Br)cs2)nc(Cl)c1-c1cccc(Br)c1. The summed E-state index contributed by atoms with van der Waals surface area (Å²) >= 11 is 21.0. The van der Waals surface area contributed by atoms with Gasteiger partial charge in [0.25, 0.3) is 0 Å². The number of hydrogen-bond acceptors (Lipinski definition) is 3. The molecular weight excluding hydrogens is 459 g/mol. The van der Waals surface area contributed by atoms with Crippen molar-refractivity contribution in [2.75, 3.05) is 0 Å². The van der Waals surface area contributed by atoms with Crippen LogP contribution < -0.4 is 0 Å². The molecule has 2 aromatic heterocycles. The van der Waals surface area contributed by atoms with Crippen molar-refractivity contribution in [2.24, 2.45) is 0 Å². The molecule has 3 rings (SSSR count). The van der Waals surface area contributed by atoms with Crippen LogP contribution in [0.2, 0.25) is 10.3 Å². The van der Waals surface area contributed by atoms with Crippen LogP contribution in [0.25, 0.3) is 21.8 Å². The average molecular weight is 465 g/mol. The second-order valence-electron chi connectivity index (χ2n) is 4.14. The molecule has 2 heterocycles. The molecule has 7 heteroatoms. The Hall–Kier alpha value is -0.460. The van der Waals surface area contributed by atoms with Crippen LogP contribution in [0.4, 0.5) is 0 Å². The molecule has 21 heavy (non-hydrogen) atoms. The molecule has 0 aliphatic carbocycles. The van der Waals surface area contributed by atoms with E-state index >= 15 is 0 Å². The van der Waals surface area contributed by atoms with Gasteiger partial charge in [-0.2, -0.15) is 0 Å². The van der Waals surface area contributed by atoms with Crippen LogP contribution in [0.3, 0.4) is 0 Å². The van der Waals surface area contributed by atoms with Crippen LogP contribution in [-0.4, -0.2) is 9.97 Å². The molecule has 0 bridgehead atoms. The molecule has 0 fully saturated rings. The van der Waals surface area contributed by atoms with Crippen LogP contribution in [0.1, 0.15) is 0 Å². The summed E-state index contributed by atoms with van der Waals surface area (Å²) in [4.78, 5) is 9.64. The Labute approximate surface area is 152 Å². The van der Waals surface area contributed by atoms with E-state index in [0.29, 0.717) is 21.7 Å². The zero-order valence-corrected chi connectivity index (χ0v) is 15.8. The Morgan fingerprint density at radius 2 is 1.67 bits per heavy atom. The zero-order valence-electron chi connectivity index (χ0n) is 10.3. The van der Waals surface area contributed by atoms with E-state index in [0.717, 1.165) is 19.4 Å². The number of thiophene rings is 1. The molecule has 0 spiro atoms. The monoisotopic (exact) mass is 462 g/mol. The van der Waals surface area contributed by atoms with E-state index in [1.807, 2.05) is 35.7 Å². The number of rotatable bonds is 2. The summed E-state index contributed by atoms with van der Waals surface area (Å²) in [7, 11) is 0. The van der Waals surface area contributed by atoms with E-state index in [1.54, 1.807) is 0 Å². The van der Waals surface area contributed by atoms with Crippen molar-refractivity contribution < 1.29 is 0 Å². The van der Waals surface area contributed by atoms with Crippen LogP contribution in [0.5, 0.6) is 0 Å². The fourth-order valence-corrected chi connectivity index (χ4v) is 4.20. The molecule has 0 unspecified atom stereocenters. The summed E-state index contributed by atoms with van der Waals surface area (Å²) in [5.74, 6) is 0.527. The third-order valence-electron chi connectivity index (χ3n) is 2.72. The van der Waals surface area contributed by atoms with Gasteiger partial charge in [-0.3, -0.25) is 0 Å². The fourth-order valence-electron chi connectivity index (χ4n) is 1.83. The first-order valence-corrected chi connectivity index (χ1v) is 9.00. The number of benzene rings is 1. The standard InChI is InChI=1S/C14H6Br2Cl2N2S/c15-8-3-1-2-7(4-8)11-12(17)19-14(20-13(11)18)10-5-9(16)6-21-10/h1-6H. The Morgan fingerprint density at radius 3 is 2.24 bits per heavy atom. The van der Waals surface area contributed by atoms with Gasteiger partial charge in [-0.05, 0) is 39.7 Å². The molecule has 1 aromatic carbocycles. The highest BCUT2D eigenvalue weighted by Gasteiger charge is 2.15. The highest BCUT2D eigenvalue weighted by atomic mass is 79.9.